The lowest BCUT2D eigenvalue weighted by atomic mass is 10.2. The largest absolute Gasteiger partial charge is 0.120 e. The molecule has 0 spiro atoms. The second kappa shape index (κ2) is 8.11. The molecule has 2 heteroatoms. The van der Waals surface area contributed by atoms with Crippen molar-refractivity contribution in [1.29, 1.82) is 0 Å². The fourth-order valence-corrected chi connectivity index (χ4v) is 4.11. The van der Waals surface area contributed by atoms with E-state index in [2.05, 4.69) is 78.9 Å². The van der Waals surface area contributed by atoms with Crippen LogP contribution in [0.25, 0.3) is 0 Å². The van der Waals surface area contributed by atoms with Gasteiger partial charge in [-0.1, -0.05) is 66.7 Å². The molecule has 22 heavy (non-hydrogen) atoms. The lowest BCUT2D eigenvalue weighted by Crippen LogP contribution is -1.84. The van der Waals surface area contributed by atoms with E-state index in [1.54, 1.807) is 0 Å². The van der Waals surface area contributed by atoms with Gasteiger partial charge >= 0.3 is 0 Å². The summed E-state index contributed by atoms with van der Waals surface area (Å²) in [7, 11) is 0. The number of hydrogen-bond acceptors (Lipinski definition) is 2. The Bertz CT molecular complexity index is 631. The quantitative estimate of drug-likeness (QED) is 0.521. The lowest BCUT2D eigenvalue weighted by molar-refractivity contribution is 1.22. The van der Waals surface area contributed by atoms with E-state index in [0.29, 0.717) is 0 Å². The van der Waals surface area contributed by atoms with Crippen LogP contribution in [-0.4, -0.2) is 0 Å². The maximum atomic E-state index is 3.26. The Morgan fingerprint density at radius 3 is 1.91 bits per heavy atom. The van der Waals surface area contributed by atoms with Crippen molar-refractivity contribution >= 4 is 23.5 Å². The van der Waals surface area contributed by atoms with Crippen LogP contribution in [0.1, 0.15) is 11.1 Å². The SMILES string of the molecule is [c]1[c]c(SCc2ccccc2)c(SCc2ccccc2)cc1. The second-order valence-electron chi connectivity index (χ2n) is 4.84. The van der Waals surface area contributed by atoms with Crippen molar-refractivity contribution in [2.75, 3.05) is 0 Å². The summed E-state index contributed by atoms with van der Waals surface area (Å²) in [5.41, 5.74) is 2.68. The maximum absolute atomic E-state index is 3.26. The smallest absolute Gasteiger partial charge is 0.0297 e. The van der Waals surface area contributed by atoms with Crippen LogP contribution in [0, 0.1) is 12.1 Å². The highest BCUT2D eigenvalue weighted by molar-refractivity contribution is 8.01. The molecular weight excluding hydrogens is 304 g/mol. The molecule has 0 atom stereocenters. The molecule has 0 aromatic heterocycles. The molecule has 3 rings (SSSR count). The molecule has 0 saturated heterocycles. The number of benzene rings is 3. The van der Waals surface area contributed by atoms with Crippen molar-refractivity contribution in [3.63, 3.8) is 0 Å². The normalized spacial score (nSPS) is 10.5. The highest BCUT2D eigenvalue weighted by Gasteiger charge is 2.05. The van der Waals surface area contributed by atoms with Crippen molar-refractivity contribution < 1.29 is 0 Å². The predicted molar refractivity (Wildman–Crippen MR) is 96.1 cm³/mol. The summed E-state index contributed by atoms with van der Waals surface area (Å²) in [6.07, 6.45) is 0. The Kier molecular flexibility index (Phi) is 5.63. The standard InChI is InChI=1S/C20H16S2/c1-3-9-17(10-4-1)15-21-19-13-7-8-14-20(19)22-16-18-11-5-2-6-12-18/h1-7,9-13H,15-16H2. The molecule has 0 aliphatic rings. The maximum Gasteiger partial charge on any atom is 0.0297 e. The molecule has 3 aromatic rings. The van der Waals surface area contributed by atoms with E-state index in [0.717, 1.165) is 11.5 Å². The molecule has 0 aliphatic heterocycles. The summed E-state index contributed by atoms with van der Waals surface area (Å²) in [6.45, 7) is 0. The summed E-state index contributed by atoms with van der Waals surface area (Å²) in [6, 6.07) is 31.5. The zero-order valence-electron chi connectivity index (χ0n) is 12.2. The average Bonchev–Trinajstić information content (AvgIpc) is 2.61. The first-order valence-electron chi connectivity index (χ1n) is 7.17. The fraction of sp³-hybridized carbons (Fsp3) is 0.100. The van der Waals surface area contributed by atoms with Gasteiger partial charge in [-0.2, -0.15) is 0 Å². The third-order valence-electron chi connectivity index (χ3n) is 3.19. The molecule has 3 aromatic carbocycles. The van der Waals surface area contributed by atoms with Gasteiger partial charge in [-0.3, -0.25) is 0 Å². The van der Waals surface area contributed by atoms with Crippen LogP contribution in [0.3, 0.4) is 0 Å². The van der Waals surface area contributed by atoms with Gasteiger partial charge in [0.1, 0.15) is 0 Å². The summed E-state index contributed by atoms with van der Waals surface area (Å²) in [4.78, 5) is 2.47. The van der Waals surface area contributed by atoms with Crippen LogP contribution < -0.4 is 0 Å². The average molecular weight is 320 g/mol. The number of thioether (sulfide) groups is 2. The minimum atomic E-state index is 0.966. The second-order valence-corrected chi connectivity index (χ2v) is 6.85. The van der Waals surface area contributed by atoms with Crippen LogP contribution in [0.2, 0.25) is 0 Å². The van der Waals surface area contributed by atoms with Gasteiger partial charge in [-0.15, -0.1) is 23.5 Å². The highest BCUT2D eigenvalue weighted by Crippen LogP contribution is 2.33. The first kappa shape index (κ1) is 15.3. The molecule has 0 nitrogen and oxygen atoms in total. The first-order chi connectivity index (χ1) is 10.9. The van der Waals surface area contributed by atoms with E-state index < -0.39 is 0 Å². The van der Waals surface area contributed by atoms with E-state index in [9.17, 15) is 0 Å². The van der Waals surface area contributed by atoms with E-state index in [1.807, 2.05) is 29.6 Å². The van der Waals surface area contributed by atoms with Crippen LogP contribution in [-0.2, 0) is 11.5 Å². The minimum Gasteiger partial charge on any atom is -0.120 e. The van der Waals surface area contributed by atoms with E-state index in [-0.39, 0.29) is 0 Å². The van der Waals surface area contributed by atoms with Crippen molar-refractivity contribution in [2.45, 2.75) is 21.3 Å². The van der Waals surface area contributed by atoms with Crippen LogP contribution in [0.4, 0.5) is 0 Å². The summed E-state index contributed by atoms with van der Waals surface area (Å²) < 4.78 is 0. The van der Waals surface area contributed by atoms with Gasteiger partial charge in [0.2, 0.25) is 0 Å². The van der Waals surface area contributed by atoms with Gasteiger partial charge in [0.25, 0.3) is 0 Å². The van der Waals surface area contributed by atoms with Gasteiger partial charge in [0.05, 0.1) is 0 Å². The van der Waals surface area contributed by atoms with Crippen LogP contribution in [0.15, 0.2) is 82.6 Å². The molecule has 0 saturated carbocycles. The minimum absolute atomic E-state index is 0.966. The van der Waals surface area contributed by atoms with Crippen LogP contribution in [0.5, 0.6) is 0 Å². The van der Waals surface area contributed by atoms with E-state index >= 15 is 0 Å². The number of rotatable bonds is 6. The van der Waals surface area contributed by atoms with Crippen LogP contribution >= 0.6 is 23.5 Å². The third kappa shape index (κ3) is 4.43. The van der Waals surface area contributed by atoms with Gasteiger partial charge in [-0.25, -0.2) is 0 Å². The summed E-state index contributed by atoms with van der Waals surface area (Å²) in [5, 5.41) is 0. The molecule has 0 heterocycles. The summed E-state index contributed by atoms with van der Waals surface area (Å²) in [5.74, 6) is 1.95. The van der Waals surface area contributed by atoms with E-state index in [4.69, 9.17) is 0 Å². The zero-order chi connectivity index (χ0) is 15.0. The first-order valence-corrected chi connectivity index (χ1v) is 9.15. The van der Waals surface area contributed by atoms with E-state index in [1.165, 1.54) is 20.9 Å². The summed E-state index contributed by atoms with van der Waals surface area (Å²) >= 11 is 3.69. The monoisotopic (exact) mass is 320 g/mol. The molecule has 0 fully saturated rings. The van der Waals surface area contributed by atoms with Gasteiger partial charge in [-0.05, 0) is 23.3 Å². The highest BCUT2D eigenvalue weighted by atomic mass is 32.2. The van der Waals surface area contributed by atoms with Gasteiger partial charge in [0.15, 0.2) is 0 Å². The Balaban J connectivity index is 1.65. The predicted octanol–water partition coefficient (Wildman–Crippen LogP) is 5.87. The lowest BCUT2D eigenvalue weighted by Gasteiger charge is -2.08. The Morgan fingerprint density at radius 2 is 1.27 bits per heavy atom. The van der Waals surface area contributed by atoms with Crippen molar-refractivity contribution in [3.8, 4) is 0 Å². The fourth-order valence-electron chi connectivity index (χ4n) is 2.05. The van der Waals surface area contributed by atoms with Crippen molar-refractivity contribution in [3.05, 3.63) is 96.1 Å². The molecule has 2 radical (unpaired) electrons. The molecule has 0 amide bonds. The van der Waals surface area contributed by atoms with Gasteiger partial charge in [0, 0.05) is 27.4 Å². The Labute approximate surface area is 141 Å². The van der Waals surface area contributed by atoms with Crippen molar-refractivity contribution in [2.24, 2.45) is 0 Å². The number of hydrogen-bond donors (Lipinski definition) is 0. The third-order valence-corrected chi connectivity index (χ3v) is 5.54. The topological polar surface area (TPSA) is 0 Å². The molecule has 108 valence electrons. The molecule has 0 N–H and O–H groups in total. The van der Waals surface area contributed by atoms with Crippen molar-refractivity contribution in [1.82, 2.24) is 0 Å². The molecular formula is C20H16S2. The van der Waals surface area contributed by atoms with Gasteiger partial charge < -0.3 is 0 Å². The molecule has 0 bridgehead atoms. The zero-order valence-corrected chi connectivity index (χ0v) is 13.8. The Morgan fingerprint density at radius 1 is 0.682 bits per heavy atom. The molecule has 0 unspecified atom stereocenters. The molecule has 0 aliphatic carbocycles. The Hall–Kier alpha value is -1.64.